The minimum Gasteiger partial charge on any atom is -0.508 e. The normalized spacial score (nSPS) is 16.6. The monoisotopic (exact) mass is 271 g/mol. The van der Waals surface area contributed by atoms with Gasteiger partial charge < -0.3 is 19.9 Å². The van der Waals surface area contributed by atoms with Crippen LogP contribution in [0, 0.1) is 0 Å². The lowest BCUT2D eigenvalue weighted by atomic mass is 10.1. The van der Waals surface area contributed by atoms with Crippen molar-refractivity contribution in [2.45, 2.75) is 12.6 Å². The third-order valence-corrected chi connectivity index (χ3v) is 3.46. The molecule has 1 unspecified atom stereocenters. The van der Waals surface area contributed by atoms with E-state index in [1.807, 2.05) is 37.4 Å². The lowest BCUT2D eigenvalue weighted by molar-refractivity contribution is 0.298. The van der Waals surface area contributed by atoms with Crippen LogP contribution < -0.4 is 14.8 Å². The fraction of sp³-hybridized carbons (Fsp3) is 0.250. The van der Waals surface area contributed by atoms with Gasteiger partial charge in [-0.05, 0) is 36.9 Å². The van der Waals surface area contributed by atoms with Crippen LogP contribution in [0.25, 0.3) is 0 Å². The van der Waals surface area contributed by atoms with Gasteiger partial charge in [-0.3, -0.25) is 0 Å². The van der Waals surface area contributed by atoms with Crippen LogP contribution in [0.2, 0.25) is 0 Å². The Kier molecular flexibility index (Phi) is 3.48. The SMILES string of the molecule is CNC1COc2cc(OCc3ccc(O)cc3)ccc21. The van der Waals surface area contributed by atoms with Crippen LogP contribution >= 0.6 is 0 Å². The maximum absolute atomic E-state index is 9.23. The van der Waals surface area contributed by atoms with Gasteiger partial charge in [-0.1, -0.05) is 12.1 Å². The summed E-state index contributed by atoms with van der Waals surface area (Å²) in [7, 11) is 1.93. The maximum Gasteiger partial charge on any atom is 0.127 e. The molecule has 2 aromatic carbocycles. The summed E-state index contributed by atoms with van der Waals surface area (Å²) < 4.78 is 11.4. The zero-order valence-electron chi connectivity index (χ0n) is 11.3. The fourth-order valence-electron chi connectivity index (χ4n) is 2.28. The Morgan fingerprint density at radius 3 is 2.80 bits per heavy atom. The summed E-state index contributed by atoms with van der Waals surface area (Å²) in [6, 6.07) is 13.2. The van der Waals surface area contributed by atoms with Crippen LogP contribution in [-0.4, -0.2) is 18.8 Å². The first-order chi connectivity index (χ1) is 9.76. The first-order valence-corrected chi connectivity index (χ1v) is 6.61. The van der Waals surface area contributed by atoms with Crippen molar-refractivity contribution in [3.63, 3.8) is 0 Å². The van der Waals surface area contributed by atoms with Gasteiger partial charge in [0, 0.05) is 11.6 Å². The molecule has 0 saturated heterocycles. The van der Waals surface area contributed by atoms with Gasteiger partial charge in [-0.2, -0.15) is 0 Å². The van der Waals surface area contributed by atoms with E-state index >= 15 is 0 Å². The molecule has 20 heavy (non-hydrogen) atoms. The third kappa shape index (κ3) is 2.56. The zero-order valence-corrected chi connectivity index (χ0v) is 11.3. The quantitative estimate of drug-likeness (QED) is 0.897. The second kappa shape index (κ2) is 5.43. The predicted molar refractivity (Wildman–Crippen MR) is 76.2 cm³/mol. The molecule has 1 aliphatic rings. The Morgan fingerprint density at radius 2 is 2.05 bits per heavy atom. The molecule has 2 aromatic rings. The molecule has 0 amide bonds. The topological polar surface area (TPSA) is 50.7 Å². The van der Waals surface area contributed by atoms with Crippen molar-refractivity contribution in [2.24, 2.45) is 0 Å². The van der Waals surface area contributed by atoms with Crippen molar-refractivity contribution in [3.05, 3.63) is 53.6 Å². The highest BCUT2D eigenvalue weighted by atomic mass is 16.5. The van der Waals surface area contributed by atoms with E-state index in [4.69, 9.17) is 9.47 Å². The largest absolute Gasteiger partial charge is 0.508 e. The summed E-state index contributed by atoms with van der Waals surface area (Å²) in [5, 5.41) is 12.4. The third-order valence-electron chi connectivity index (χ3n) is 3.46. The van der Waals surface area contributed by atoms with Crippen LogP contribution in [0.15, 0.2) is 42.5 Å². The summed E-state index contributed by atoms with van der Waals surface area (Å²) in [5.74, 6) is 1.93. The Labute approximate surface area is 118 Å². The molecule has 2 N–H and O–H groups in total. The van der Waals surface area contributed by atoms with Gasteiger partial charge in [0.15, 0.2) is 0 Å². The summed E-state index contributed by atoms with van der Waals surface area (Å²) in [5.41, 5.74) is 2.18. The summed E-state index contributed by atoms with van der Waals surface area (Å²) >= 11 is 0. The molecule has 1 atom stereocenters. The molecule has 1 heterocycles. The van der Waals surface area contributed by atoms with E-state index in [2.05, 4.69) is 5.32 Å². The summed E-state index contributed by atoms with van der Waals surface area (Å²) in [6.07, 6.45) is 0. The molecule has 3 rings (SSSR count). The number of benzene rings is 2. The van der Waals surface area contributed by atoms with Crippen LogP contribution in [-0.2, 0) is 6.61 Å². The van der Waals surface area contributed by atoms with Crippen LogP contribution in [0.3, 0.4) is 0 Å². The van der Waals surface area contributed by atoms with Gasteiger partial charge >= 0.3 is 0 Å². The van der Waals surface area contributed by atoms with Crippen molar-refractivity contribution in [3.8, 4) is 17.2 Å². The number of phenolic OH excluding ortho intramolecular Hbond substituents is 1. The molecule has 0 saturated carbocycles. The Morgan fingerprint density at radius 1 is 1.25 bits per heavy atom. The molecule has 1 aliphatic heterocycles. The highest BCUT2D eigenvalue weighted by Crippen LogP contribution is 2.35. The van der Waals surface area contributed by atoms with E-state index in [9.17, 15) is 5.11 Å². The van der Waals surface area contributed by atoms with Crippen LogP contribution in [0.1, 0.15) is 17.2 Å². The molecule has 0 bridgehead atoms. The summed E-state index contributed by atoms with van der Waals surface area (Å²) in [6.45, 7) is 1.13. The van der Waals surface area contributed by atoms with E-state index in [1.54, 1.807) is 12.1 Å². The first-order valence-electron chi connectivity index (χ1n) is 6.61. The Hall–Kier alpha value is -2.20. The molecule has 0 spiro atoms. The molecule has 104 valence electrons. The lowest BCUT2D eigenvalue weighted by Crippen LogP contribution is -2.17. The van der Waals surface area contributed by atoms with E-state index in [0.717, 1.165) is 17.1 Å². The standard InChI is InChI=1S/C16H17NO3/c1-17-15-10-20-16-8-13(6-7-14(15)16)19-9-11-2-4-12(18)5-3-11/h2-8,15,17-18H,9-10H2,1H3. The van der Waals surface area contributed by atoms with Crippen molar-refractivity contribution in [2.75, 3.05) is 13.7 Å². The molecule has 4 nitrogen and oxygen atoms in total. The zero-order chi connectivity index (χ0) is 13.9. The number of hydrogen-bond donors (Lipinski definition) is 2. The number of hydrogen-bond acceptors (Lipinski definition) is 4. The Balaban J connectivity index is 1.68. The van der Waals surface area contributed by atoms with Gasteiger partial charge in [-0.25, -0.2) is 0 Å². The number of rotatable bonds is 4. The number of likely N-dealkylation sites (N-methyl/N-ethyl adjacent to an activating group) is 1. The fourth-order valence-corrected chi connectivity index (χ4v) is 2.28. The predicted octanol–water partition coefficient (Wildman–Crippen LogP) is 2.62. The number of ether oxygens (including phenoxy) is 2. The highest BCUT2D eigenvalue weighted by molar-refractivity contribution is 5.45. The average Bonchev–Trinajstić information content (AvgIpc) is 2.89. The Bertz CT molecular complexity index is 595. The highest BCUT2D eigenvalue weighted by Gasteiger charge is 2.22. The second-order valence-corrected chi connectivity index (χ2v) is 4.81. The minimum atomic E-state index is 0.260. The lowest BCUT2D eigenvalue weighted by Gasteiger charge is -2.09. The molecule has 0 radical (unpaired) electrons. The van der Waals surface area contributed by atoms with Gasteiger partial charge in [-0.15, -0.1) is 0 Å². The van der Waals surface area contributed by atoms with Crippen LogP contribution in [0.4, 0.5) is 0 Å². The smallest absolute Gasteiger partial charge is 0.127 e. The van der Waals surface area contributed by atoms with E-state index in [-0.39, 0.29) is 11.8 Å². The van der Waals surface area contributed by atoms with E-state index < -0.39 is 0 Å². The van der Waals surface area contributed by atoms with Gasteiger partial charge in [0.1, 0.15) is 30.5 Å². The van der Waals surface area contributed by atoms with Crippen LogP contribution in [0.5, 0.6) is 17.2 Å². The molecule has 0 aromatic heterocycles. The molecule has 0 aliphatic carbocycles. The average molecular weight is 271 g/mol. The minimum absolute atomic E-state index is 0.260. The van der Waals surface area contributed by atoms with E-state index in [1.165, 1.54) is 5.56 Å². The maximum atomic E-state index is 9.23. The number of aromatic hydroxyl groups is 1. The van der Waals surface area contributed by atoms with Gasteiger partial charge in [0.05, 0.1) is 6.04 Å². The van der Waals surface area contributed by atoms with Crippen molar-refractivity contribution in [1.29, 1.82) is 0 Å². The second-order valence-electron chi connectivity index (χ2n) is 4.81. The number of fused-ring (bicyclic) bond motifs is 1. The summed E-state index contributed by atoms with van der Waals surface area (Å²) in [4.78, 5) is 0. The number of nitrogens with one attached hydrogen (secondary N) is 1. The van der Waals surface area contributed by atoms with Crippen molar-refractivity contribution < 1.29 is 14.6 Å². The van der Waals surface area contributed by atoms with Crippen molar-refractivity contribution in [1.82, 2.24) is 5.32 Å². The molecule has 0 fully saturated rings. The number of phenols is 1. The van der Waals surface area contributed by atoms with Gasteiger partial charge in [0.2, 0.25) is 0 Å². The van der Waals surface area contributed by atoms with Gasteiger partial charge in [0.25, 0.3) is 0 Å². The van der Waals surface area contributed by atoms with Crippen molar-refractivity contribution >= 4 is 0 Å². The molecule has 4 heteroatoms. The van der Waals surface area contributed by atoms with E-state index in [0.29, 0.717) is 13.2 Å². The first kappa shape index (κ1) is 12.8. The molecular formula is C16H17NO3. The molecular weight excluding hydrogens is 254 g/mol.